The summed E-state index contributed by atoms with van der Waals surface area (Å²) < 4.78 is 5.52. The number of carboxylic acids is 1. The molecule has 7 heteroatoms. The molecule has 1 aliphatic heterocycles. The predicted octanol–water partition coefficient (Wildman–Crippen LogP) is 4.16. The molecule has 1 atom stereocenters. The average Bonchev–Trinajstić information content (AvgIpc) is 3.10. The number of carboxylic acid groups (broad SMARTS) is 1. The Morgan fingerprint density at radius 2 is 1.45 bits per heavy atom. The van der Waals surface area contributed by atoms with Crippen molar-refractivity contribution in [3.05, 3.63) is 59.7 Å². The van der Waals surface area contributed by atoms with E-state index in [1.54, 1.807) is 4.90 Å². The Kier molecular flexibility index (Phi) is 7.27. The van der Waals surface area contributed by atoms with Gasteiger partial charge in [-0.25, -0.2) is 4.79 Å². The van der Waals surface area contributed by atoms with Crippen LogP contribution < -0.4 is 5.32 Å². The third-order valence-corrected chi connectivity index (χ3v) is 6.48. The fourth-order valence-corrected chi connectivity index (χ4v) is 4.85. The topological polar surface area (TPSA) is 95.9 Å². The van der Waals surface area contributed by atoms with Gasteiger partial charge in [0.15, 0.2) is 0 Å². The van der Waals surface area contributed by atoms with Crippen molar-refractivity contribution in [1.29, 1.82) is 0 Å². The molecule has 1 fully saturated rings. The first-order valence-corrected chi connectivity index (χ1v) is 11.7. The smallest absolute Gasteiger partial charge is 0.407 e. The van der Waals surface area contributed by atoms with Crippen molar-refractivity contribution in [3.63, 3.8) is 0 Å². The quantitative estimate of drug-likeness (QED) is 0.689. The van der Waals surface area contributed by atoms with Crippen LogP contribution in [0.4, 0.5) is 4.79 Å². The highest BCUT2D eigenvalue weighted by atomic mass is 16.5. The summed E-state index contributed by atoms with van der Waals surface area (Å²) in [6, 6.07) is 14.9. The third-order valence-electron chi connectivity index (χ3n) is 6.48. The number of nitrogens with zero attached hydrogens (tertiary/aromatic N) is 1. The van der Waals surface area contributed by atoms with Gasteiger partial charge in [-0.2, -0.15) is 0 Å². The first-order chi connectivity index (χ1) is 16.0. The molecule has 2 aromatic rings. The van der Waals surface area contributed by atoms with Gasteiger partial charge in [0.25, 0.3) is 0 Å². The lowest BCUT2D eigenvalue weighted by molar-refractivity contribution is -0.142. The van der Waals surface area contributed by atoms with E-state index in [-0.39, 0.29) is 18.4 Å². The van der Waals surface area contributed by atoms with Crippen molar-refractivity contribution in [3.8, 4) is 11.1 Å². The van der Waals surface area contributed by atoms with Crippen LogP contribution in [0.25, 0.3) is 11.1 Å². The molecule has 2 N–H and O–H groups in total. The molecule has 4 rings (SSSR count). The summed E-state index contributed by atoms with van der Waals surface area (Å²) in [7, 11) is 0. The van der Waals surface area contributed by atoms with Crippen molar-refractivity contribution in [2.45, 2.75) is 50.5 Å². The Hall–Kier alpha value is -3.35. The van der Waals surface area contributed by atoms with Gasteiger partial charge in [0.2, 0.25) is 5.91 Å². The molecule has 0 radical (unpaired) electrons. The van der Waals surface area contributed by atoms with E-state index < -0.39 is 24.5 Å². The zero-order valence-corrected chi connectivity index (χ0v) is 18.7. The second-order valence-corrected chi connectivity index (χ2v) is 8.71. The lowest BCUT2D eigenvalue weighted by Crippen LogP contribution is -2.50. The molecule has 174 valence electrons. The lowest BCUT2D eigenvalue weighted by atomic mass is 9.98. The summed E-state index contributed by atoms with van der Waals surface area (Å²) in [5.74, 6) is -1.60. The number of rotatable bonds is 6. The largest absolute Gasteiger partial charge is 0.481 e. The van der Waals surface area contributed by atoms with E-state index in [0.717, 1.165) is 54.4 Å². The van der Waals surface area contributed by atoms with Gasteiger partial charge in [0.05, 0.1) is 6.42 Å². The SMILES string of the molecule is O=C(O)CC(NC(=O)OCC1c2ccccc2-c2ccccc21)C(=O)N1CCCCCCC1. The minimum Gasteiger partial charge on any atom is -0.481 e. The van der Waals surface area contributed by atoms with Crippen molar-refractivity contribution in [1.82, 2.24) is 10.2 Å². The second-order valence-electron chi connectivity index (χ2n) is 8.71. The number of aliphatic carboxylic acids is 1. The van der Waals surface area contributed by atoms with Crippen molar-refractivity contribution < 1.29 is 24.2 Å². The Balaban J connectivity index is 1.42. The number of likely N-dealkylation sites (tertiary alicyclic amines) is 1. The number of nitrogens with one attached hydrogen (secondary N) is 1. The first-order valence-electron chi connectivity index (χ1n) is 11.7. The summed E-state index contributed by atoms with van der Waals surface area (Å²) in [6.45, 7) is 1.28. The van der Waals surface area contributed by atoms with Gasteiger partial charge in [-0.15, -0.1) is 0 Å². The number of benzene rings is 2. The van der Waals surface area contributed by atoms with Crippen molar-refractivity contribution in [2.24, 2.45) is 0 Å². The van der Waals surface area contributed by atoms with Gasteiger partial charge in [0, 0.05) is 19.0 Å². The van der Waals surface area contributed by atoms with Crippen molar-refractivity contribution >= 4 is 18.0 Å². The van der Waals surface area contributed by atoms with Gasteiger partial charge in [-0.1, -0.05) is 67.8 Å². The molecule has 2 aromatic carbocycles. The zero-order chi connectivity index (χ0) is 23.2. The fraction of sp³-hybridized carbons (Fsp3) is 0.423. The molecule has 33 heavy (non-hydrogen) atoms. The van der Waals surface area contributed by atoms with E-state index in [1.807, 2.05) is 36.4 Å². The third kappa shape index (κ3) is 5.35. The minimum absolute atomic E-state index is 0.105. The van der Waals surface area contributed by atoms with Gasteiger partial charge >= 0.3 is 12.1 Å². The van der Waals surface area contributed by atoms with Gasteiger partial charge in [0.1, 0.15) is 12.6 Å². The summed E-state index contributed by atoms with van der Waals surface area (Å²) >= 11 is 0. The first kappa shape index (κ1) is 22.8. The summed E-state index contributed by atoms with van der Waals surface area (Å²) in [5, 5.41) is 11.8. The molecule has 0 aromatic heterocycles. The molecule has 1 saturated heterocycles. The lowest BCUT2D eigenvalue weighted by Gasteiger charge is -2.28. The van der Waals surface area contributed by atoms with Crippen LogP contribution in [-0.2, 0) is 14.3 Å². The Morgan fingerprint density at radius 3 is 2.03 bits per heavy atom. The van der Waals surface area contributed by atoms with E-state index in [9.17, 15) is 19.5 Å². The number of carbonyl (C=O) groups is 3. The van der Waals surface area contributed by atoms with E-state index in [2.05, 4.69) is 17.4 Å². The van der Waals surface area contributed by atoms with Crippen LogP contribution >= 0.6 is 0 Å². The number of hydrogen-bond donors (Lipinski definition) is 2. The zero-order valence-electron chi connectivity index (χ0n) is 18.7. The van der Waals surface area contributed by atoms with Crippen molar-refractivity contribution in [2.75, 3.05) is 19.7 Å². The van der Waals surface area contributed by atoms with Crippen LogP contribution in [0.2, 0.25) is 0 Å². The molecular weight excluding hydrogens is 420 g/mol. The number of amides is 2. The van der Waals surface area contributed by atoms with E-state index in [1.165, 1.54) is 0 Å². The van der Waals surface area contributed by atoms with Crippen LogP contribution in [0.3, 0.4) is 0 Å². The molecule has 2 aliphatic rings. The molecule has 0 saturated carbocycles. The molecule has 1 heterocycles. The highest BCUT2D eigenvalue weighted by Gasteiger charge is 2.31. The van der Waals surface area contributed by atoms with E-state index >= 15 is 0 Å². The number of ether oxygens (including phenoxy) is 1. The van der Waals surface area contributed by atoms with Crippen LogP contribution in [0.1, 0.15) is 55.6 Å². The van der Waals surface area contributed by atoms with Gasteiger partial charge in [-0.05, 0) is 35.1 Å². The number of alkyl carbamates (subject to hydrolysis) is 1. The van der Waals surface area contributed by atoms with Gasteiger partial charge < -0.3 is 20.1 Å². The minimum atomic E-state index is -1.14. The van der Waals surface area contributed by atoms with E-state index in [0.29, 0.717) is 13.1 Å². The highest BCUT2D eigenvalue weighted by Crippen LogP contribution is 2.44. The number of carbonyl (C=O) groups excluding carboxylic acids is 2. The highest BCUT2D eigenvalue weighted by molar-refractivity contribution is 5.89. The molecule has 2 amide bonds. The Labute approximate surface area is 193 Å². The molecule has 0 bridgehead atoms. The monoisotopic (exact) mass is 450 g/mol. The van der Waals surface area contributed by atoms with E-state index in [4.69, 9.17) is 4.74 Å². The Morgan fingerprint density at radius 1 is 0.909 bits per heavy atom. The molecule has 1 aliphatic carbocycles. The van der Waals surface area contributed by atoms with Gasteiger partial charge in [-0.3, -0.25) is 9.59 Å². The van der Waals surface area contributed by atoms with Crippen LogP contribution in [-0.4, -0.2) is 53.7 Å². The fourth-order valence-electron chi connectivity index (χ4n) is 4.85. The van der Waals surface area contributed by atoms with Crippen LogP contribution in [0, 0.1) is 0 Å². The maximum Gasteiger partial charge on any atom is 0.407 e. The number of fused-ring (bicyclic) bond motifs is 3. The summed E-state index contributed by atoms with van der Waals surface area (Å²) in [4.78, 5) is 38.7. The summed E-state index contributed by atoms with van der Waals surface area (Å²) in [6.07, 6.45) is 3.77. The predicted molar refractivity (Wildman–Crippen MR) is 124 cm³/mol. The molecule has 0 spiro atoms. The molecule has 1 unspecified atom stereocenters. The molecule has 7 nitrogen and oxygen atoms in total. The normalized spacial score (nSPS) is 16.7. The summed E-state index contributed by atoms with van der Waals surface area (Å²) in [5.41, 5.74) is 4.42. The van der Waals surface area contributed by atoms with Crippen LogP contribution in [0.5, 0.6) is 0 Å². The Bertz CT molecular complexity index is 968. The maximum absolute atomic E-state index is 13.0. The number of hydrogen-bond acceptors (Lipinski definition) is 4. The standard InChI is InChI=1S/C26H30N2O5/c29-24(30)16-23(25(31)28-14-8-2-1-3-9-15-28)27-26(32)33-17-22-20-12-6-4-10-18(20)19-11-5-7-13-21(19)22/h4-7,10-13,22-23H,1-3,8-9,14-17H2,(H,27,32)(H,29,30). The molecular formula is C26H30N2O5. The second kappa shape index (κ2) is 10.5. The average molecular weight is 451 g/mol. The maximum atomic E-state index is 13.0. The van der Waals surface area contributed by atoms with Crippen LogP contribution in [0.15, 0.2) is 48.5 Å².